The van der Waals surface area contributed by atoms with Crippen molar-refractivity contribution in [2.75, 3.05) is 6.54 Å². The Balaban J connectivity index is 0.000000697. The zero-order valence-corrected chi connectivity index (χ0v) is 14.6. The summed E-state index contributed by atoms with van der Waals surface area (Å²) in [6, 6.07) is 3.06. The van der Waals surface area contributed by atoms with E-state index in [1.807, 2.05) is 20.8 Å². The highest BCUT2D eigenvalue weighted by Crippen LogP contribution is 2.31. The number of hydrogen-bond acceptors (Lipinski definition) is 5. The van der Waals surface area contributed by atoms with Gasteiger partial charge in [-0.25, -0.2) is 4.79 Å². The molecule has 0 fully saturated rings. The number of alkyl halides is 3. The summed E-state index contributed by atoms with van der Waals surface area (Å²) in [6.45, 7) is 6.06. The maximum absolute atomic E-state index is 10.6. The van der Waals surface area contributed by atoms with Crippen LogP contribution in [0.4, 0.5) is 13.2 Å². The molecule has 0 aliphatic heterocycles. The highest BCUT2D eigenvalue weighted by atomic mass is 35.5. The van der Waals surface area contributed by atoms with Gasteiger partial charge in [0.05, 0.1) is 17.7 Å². The smallest absolute Gasteiger partial charge is 0.490 e. The molecule has 5 N–H and O–H groups in total. The molecular formula is C15H21ClF3NO5. The normalized spacial score (nSPS) is 13.0. The van der Waals surface area contributed by atoms with Gasteiger partial charge in [-0.2, -0.15) is 13.2 Å². The first-order valence-electron chi connectivity index (χ1n) is 7.04. The van der Waals surface area contributed by atoms with Crippen molar-refractivity contribution in [2.45, 2.75) is 45.2 Å². The lowest BCUT2D eigenvalue weighted by Gasteiger charge is -2.23. The van der Waals surface area contributed by atoms with E-state index in [0.29, 0.717) is 17.7 Å². The number of aliphatic hydroxyl groups is 2. The second-order valence-electron chi connectivity index (χ2n) is 6.12. The molecule has 0 radical (unpaired) electrons. The van der Waals surface area contributed by atoms with Crippen LogP contribution in [0.3, 0.4) is 0 Å². The van der Waals surface area contributed by atoms with Crippen molar-refractivity contribution in [3.05, 3.63) is 28.3 Å². The lowest BCUT2D eigenvalue weighted by molar-refractivity contribution is -0.192. The number of aliphatic carboxylic acids is 1. The van der Waals surface area contributed by atoms with Gasteiger partial charge in [0.1, 0.15) is 5.75 Å². The average molecular weight is 388 g/mol. The summed E-state index contributed by atoms with van der Waals surface area (Å²) in [5.41, 5.74) is 0.785. The van der Waals surface area contributed by atoms with Gasteiger partial charge >= 0.3 is 12.1 Å². The molecule has 1 aromatic rings. The molecule has 25 heavy (non-hydrogen) atoms. The largest absolute Gasteiger partial charge is 0.506 e. The van der Waals surface area contributed by atoms with Gasteiger partial charge in [0.25, 0.3) is 0 Å². The summed E-state index contributed by atoms with van der Waals surface area (Å²) in [5, 5.41) is 39.1. The summed E-state index contributed by atoms with van der Waals surface area (Å²) < 4.78 is 31.7. The zero-order valence-electron chi connectivity index (χ0n) is 13.9. The van der Waals surface area contributed by atoms with Gasteiger partial charge in [0.15, 0.2) is 0 Å². The molecule has 1 rings (SSSR count). The molecule has 10 heteroatoms. The predicted molar refractivity (Wildman–Crippen MR) is 85.4 cm³/mol. The molecule has 6 nitrogen and oxygen atoms in total. The van der Waals surface area contributed by atoms with Gasteiger partial charge in [-0.3, -0.25) is 0 Å². The maximum Gasteiger partial charge on any atom is 0.490 e. The molecule has 1 aromatic carbocycles. The Morgan fingerprint density at radius 2 is 1.76 bits per heavy atom. The number of carboxylic acids is 1. The molecule has 0 amide bonds. The van der Waals surface area contributed by atoms with E-state index >= 15 is 0 Å². The lowest BCUT2D eigenvalue weighted by Crippen LogP contribution is -2.38. The summed E-state index contributed by atoms with van der Waals surface area (Å²) in [5.74, 6) is -2.90. The second-order valence-corrected chi connectivity index (χ2v) is 6.53. The van der Waals surface area contributed by atoms with E-state index < -0.39 is 18.2 Å². The third-order valence-corrected chi connectivity index (χ3v) is 3.08. The van der Waals surface area contributed by atoms with Crippen LogP contribution in [-0.2, 0) is 11.4 Å². The minimum absolute atomic E-state index is 0.0957. The van der Waals surface area contributed by atoms with Crippen molar-refractivity contribution in [2.24, 2.45) is 0 Å². The van der Waals surface area contributed by atoms with E-state index in [1.165, 1.54) is 6.07 Å². The van der Waals surface area contributed by atoms with Crippen LogP contribution in [0.5, 0.6) is 5.75 Å². The summed E-state index contributed by atoms with van der Waals surface area (Å²) in [6.07, 6.45) is -5.83. The van der Waals surface area contributed by atoms with Crippen molar-refractivity contribution in [1.29, 1.82) is 0 Å². The van der Waals surface area contributed by atoms with Crippen molar-refractivity contribution < 1.29 is 38.4 Å². The third-order valence-electron chi connectivity index (χ3n) is 2.79. The number of phenols is 1. The summed E-state index contributed by atoms with van der Waals surface area (Å²) in [7, 11) is 0. The van der Waals surface area contributed by atoms with Gasteiger partial charge in [0, 0.05) is 17.6 Å². The Morgan fingerprint density at radius 3 is 2.12 bits per heavy atom. The van der Waals surface area contributed by atoms with Crippen LogP contribution in [0.25, 0.3) is 0 Å². The van der Waals surface area contributed by atoms with Crippen LogP contribution in [0, 0.1) is 0 Å². The van der Waals surface area contributed by atoms with Gasteiger partial charge in [-0.15, -0.1) is 0 Å². The molecule has 0 spiro atoms. The van der Waals surface area contributed by atoms with Crippen LogP contribution in [0.1, 0.15) is 38.0 Å². The molecule has 0 heterocycles. The standard InChI is InChI=1S/C13H20ClNO3.C2HF3O2/c1-13(2,3)15-6-11(17)8-4-9(7-16)12(18)10(14)5-8;3-2(4,5)1(6)7/h4-5,11,15-18H,6-7H2,1-3H3;(H,6,7). The topological polar surface area (TPSA) is 110 Å². The number of halogens is 4. The molecule has 144 valence electrons. The molecule has 1 unspecified atom stereocenters. The number of rotatable bonds is 4. The minimum Gasteiger partial charge on any atom is -0.506 e. The zero-order chi connectivity index (χ0) is 20.0. The number of carboxylic acid groups (broad SMARTS) is 1. The maximum atomic E-state index is 10.6. The number of nitrogens with one attached hydrogen (secondary N) is 1. The van der Waals surface area contributed by atoms with Crippen LogP contribution in [0.15, 0.2) is 12.1 Å². The fourth-order valence-electron chi connectivity index (χ4n) is 1.51. The van der Waals surface area contributed by atoms with E-state index in [0.717, 1.165) is 0 Å². The number of carbonyl (C=O) groups is 1. The van der Waals surface area contributed by atoms with Crippen molar-refractivity contribution >= 4 is 17.6 Å². The number of aromatic hydroxyl groups is 1. The SMILES string of the molecule is CC(C)(C)NCC(O)c1cc(Cl)c(O)c(CO)c1.O=C(O)C(F)(F)F. The Kier molecular flexibility index (Phi) is 8.66. The van der Waals surface area contributed by atoms with Crippen molar-refractivity contribution in [3.63, 3.8) is 0 Å². The van der Waals surface area contributed by atoms with Crippen molar-refractivity contribution in [3.8, 4) is 5.75 Å². The first-order chi connectivity index (χ1) is 11.2. The summed E-state index contributed by atoms with van der Waals surface area (Å²) in [4.78, 5) is 8.90. The Bertz CT molecular complexity index is 588. The van der Waals surface area contributed by atoms with Gasteiger partial charge in [-0.05, 0) is 38.5 Å². The molecule has 0 aromatic heterocycles. The van der Waals surface area contributed by atoms with E-state index in [4.69, 9.17) is 26.6 Å². The number of β-amino-alcohol motifs (C(OH)–C–C–N with tert-alkyl or cyclic N) is 1. The molecule has 0 aliphatic carbocycles. The van der Waals surface area contributed by atoms with Gasteiger partial charge in [0.2, 0.25) is 0 Å². The first kappa shape index (κ1) is 23.4. The molecule has 1 atom stereocenters. The van der Waals surface area contributed by atoms with E-state index in [2.05, 4.69) is 5.32 Å². The van der Waals surface area contributed by atoms with E-state index in [-0.39, 0.29) is 22.9 Å². The predicted octanol–water partition coefficient (Wildman–Crippen LogP) is 2.59. The second kappa shape index (κ2) is 9.23. The summed E-state index contributed by atoms with van der Waals surface area (Å²) >= 11 is 5.84. The van der Waals surface area contributed by atoms with Crippen LogP contribution >= 0.6 is 11.6 Å². The quantitative estimate of drug-likeness (QED) is 0.543. The minimum atomic E-state index is -5.08. The van der Waals surface area contributed by atoms with Crippen LogP contribution in [-0.4, -0.2) is 44.7 Å². The molecule has 0 aliphatic rings. The molecular weight excluding hydrogens is 367 g/mol. The number of aliphatic hydroxyl groups excluding tert-OH is 2. The molecule has 0 saturated heterocycles. The van der Waals surface area contributed by atoms with E-state index in [9.17, 15) is 23.4 Å². The Labute approximate surface area is 147 Å². The molecule has 0 bridgehead atoms. The van der Waals surface area contributed by atoms with Crippen molar-refractivity contribution in [1.82, 2.24) is 5.32 Å². The Morgan fingerprint density at radius 1 is 1.28 bits per heavy atom. The van der Waals surface area contributed by atoms with Crippen LogP contribution < -0.4 is 5.32 Å². The number of hydrogen-bond donors (Lipinski definition) is 5. The monoisotopic (exact) mass is 387 g/mol. The van der Waals surface area contributed by atoms with Gasteiger partial charge < -0.3 is 25.7 Å². The van der Waals surface area contributed by atoms with Gasteiger partial charge in [-0.1, -0.05) is 11.6 Å². The highest BCUT2D eigenvalue weighted by molar-refractivity contribution is 6.32. The average Bonchev–Trinajstić information content (AvgIpc) is 2.46. The first-order valence-corrected chi connectivity index (χ1v) is 7.42. The molecule has 0 saturated carbocycles. The lowest BCUT2D eigenvalue weighted by atomic mass is 10.0. The third kappa shape index (κ3) is 8.92. The Hall–Kier alpha value is -1.55. The van der Waals surface area contributed by atoms with Crippen LogP contribution in [0.2, 0.25) is 5.02 Å². The fraction of sp³-hybridized carbons (Fsp3) is 0.533. The fourth-order valence-corrected chi connectivity index (χ4v) is 1.76. The number of benzene rings is 1. The highest BCUT2D eigenvalue weighted by Gasteiger charge is 2.38. The van der Waals surface area contributed by atoms with E-state index in [1.54, 1.807) is 6.07 Å².